The van der Waals surface area contributed by atoms with E-state index in [0.29, 0.717) is 11.6 Å². The van der Waals surface area contributed by atoms with Gasteiger partial charge in [-0.2, -0.15) is 0 Å². The molecule has 1 saturated carbocycles. The van der Waals surface area contributed by atoms with Crippen LogP contribution in [0, 0.1) is 18.8 Å². The van der Waals surface area contributed by atoms with Gasteiger partial charge in [0.25, 0.3) is 5.91 Å². The van der Waals surface area contributed by atoms with Crippen molar-refractivity contribution in [2.75, 3.05) is 12.3 Å². The van der Waals surface area contributed by atoms with Gasteiger partial charge < -0.3 is 11.1 Å². The third-order valence-electron chi connectivity index (χ3n) is 3.85. The summed E-state index contributed by atoms with van der Waals surface area (Å²) in [5.41, 5.74) is 8.06. The van der Waals surface area contributed by atoms with Crippen molar-refractivity contribution < 1.29 is 4.79 Å². The van der Waals surface area contributed by atoms with Crippen LogP contribution in [0.15, 0.2) is 18.2 Å². The molecule has 0 bridgehead atoms. The van der Waals surface area contributed by atoms with E-state index < -0.39 is 0 Å². The second-order valence-corrected chi connectivity index (χ2v) is 5.57. The van der Waals surface area contributed by atoms with Crippen LogP contribution in [0.3, 0.4) is 0 Å². The van der Waals surface area contributed by atoms with Crippen molar-refractivity contribution in [2.24, 2.45) is 11.8 Å². The summed E-state index contributed by atoms with van der Waals surface area (Å²) in [4.78, 5) is 12.1. The van der Waals surface area contributed by atoms with Crippen molar-refractivity contribution in [1.29, 1.82) is 0 Å². The average molecular weight is 246 g/mol. The second-order valence-electron chi connectivity index (χ2n) is 5.57. The first-order valence-corrected chi connectivity index (χ1v) is 6.70. The number of aryl methyl sites for hydroxylation is 1. The van der Waals surface area contributed by atoms with Crippen molar-refractivity contribution in [1.82, 2.24) is 5.32 Å². The molecule has 2 unspecified atom stereocenters. The number of carbonyl (C=O) groups excluding carboxylic acids is 1. The van der Waals surface area contributed by atoms with E-state index in [-0.39, 0.29) is 5.91 Å². The minimum atomic E-state index is 0.0204. The molecule has 2 rings (SSSR count). The Morgan fingerprint density at radius 1 is 1.44 bits per heavy atom. The number of nitrogens with one attached hydrogen (secondary N) is 1. The first kappa shape index (κ1) is 12.9. The molecule has 0 saturated heterocycles. The van der Waals surface area contributed by atoms with Crippen molar-refractivity contribution in [2.45, 2.75) is 33.1 Å². The number of nitrogen functional groups attached to an aromatic ring is 1. The highest BCUT2D eigenvalue weighted by atomic mass is 16.1. The highest BCUT2D eigenvalue weighted by Gasteiger charge is 2.21. The van der Waals surface area contributed by atoms with Crippen LogP contribution < -0.4 is 11.1 Å². The van der Waals surface area contributed by atoms with Gasteiger partial charge in [-0.25, -0.2) is 0 Å². The molecule has 18 heavy (non-hydrogen) atoms. The lowest BCUT2D eigenvalue weighted by molar-refractivity contribution is 0.0946. The number of hydrogen-bond donors (Lipinski definition) is 2. The van der Waals surface area contributed by atoms with Gasteiger partial charge in [-0.05, 0) is 55.4 Å². The van der Waals surface area contributed by atoms with Crippen molar-refractivity contribution >= 4 is 11.6 Å². The van der Waals surface area contributed by atoms with Crippen LogP contribution >= 0.6 is 0 Å². The molecular weight excluding hydrogens is 224 g/mol. The molecule has 0 radical (unpaired) electrons. The molecule has 0 aromatic heterocycles. The van der Waals surface area contributed by atoms with Gasteiger partial charge in [0.1, 0.15) is 0 Å². The number of carbonyl (C=O) groups is 1. The lowest BCUT2D eigenvalue weighted by Gasteiger charge is -2.12. The number of hydrogen-bond acceptors (Lipinski definition) is 2. The molecular formula is C15H22N2O. The topological polar surface area (TPSA) is 55.1 Å². The van der Waals surface area contributed by atoms with Gasteiger partial charge in [0, 0.05) is 17.8 Å². The largest absolute Gasteiger partial charge is 0.399 e. The summed E-state index contributed by atoms with van der Waals surface area (Å²) in [5.74, 6) is 1.48. The van der Waals surface area contributed by atoms with Gasteiger partial charge >= 0.3 is 0 Å². The molecule has 1 fully saturated rings. The third-order valence-corrected chi connectivity index (χ3v) is 3.85. The molecule has 3 N–H and O–H groups in total. The number of benzene rings is 1. The Bertz CT molecular complexity index is 442. The normalized spacial score (nSPS) is 23.0. The first-order chi connectivity index (χ1) is 8.56. The zero-order valence-corrected chi connectivity index (χ0v) is 11.2. The first-order valence-electron chi connectivity index (χ1n) is 6.70. The number of rotatable bonds is 3. The maximum absolute atomic E-state index is 12.1. The van der Waals surface area contributed by atoms with E-state index in [9.17, 15) is 4.79 Å². The maximum Gasteiger partial charge on any atom is 0.251 e. The number of anilines is 1. The van der Waals surface area contributed by atoms with Crippen LogP contribution in [-0.2, 0) is 0 Å². The lowest BCUT2D eigenvalue weighted by atomic mass is 10.0. The average Bonchev–Trinajstić information content (AvgIpc) is 2.72. The molecule has 3 nitrogen and oxygen atoms in total. The number of amides is 1. The molecule has 1 aromatic rings. The maximum atomic E-state index is 12.1. The Morgan fingerprint density at radius 2 is 2.22 bits per heavy atom. The SMILES string of the molecule is Cc1cc(N)ccc1C(=O)NCC1CCC(C)C1. The Kier molecular flexibility index (Phi) is 3.90. The van der Waals surface area contributed by atoms with Gasteiger partial charge in [0.15, 0.2) is 0 Å². The summed E-state index contributed by atoms with van der Waals surface area (Å²) >= 11 is 0. The zero-order valence-electron chi connectivity index (χ0n) is 11.2. The van der Waals surface area contributed by atoms with Gasteiger partial charge in [-0.15, -0.1) is 0 Å². The van der Waals surface area contributed by atoms with Crippen molar-refractivity contribution in [3.8, 4) is 0 Å². The molecule has 1 amide bonds. The van der Waals surface area contributed by atoms with Gasteiger partial charge in [0.05, 0.1) is 0 Å². The lowest BCUT2D eigenvalue weighted by Crippen LogP contribution is -2.29. The molecule has 98 valence electrons. The molecule has 1 aliphatic rings. The fourth-order valence-corrected chi connectivity index (χ4v) is 2.78. The standard InChI is InChI=1S/C15H22N2O/c1-10-3-4-12(7-10)9-17-15(18)14-6-5-13(16)8-11(14)2/h5-6,8,10,12H,3-4,7,9,16H2,1-2H3,(H,17,18). The smallest absolute Gasteiger partial charge is 0.251 e. The van der Waals surface area contributed by atoms with E-state index in [1.54, 1.807) is 12.1 Å². The monoisotopic (exact) mass is 246 g/mol. The Balaban J connectivity index is 1.91. The minimum absolute atomic E-state index is 0.0204. The van der Waals surface area contributed by atoms with E-state index in [2.05, 4.69) is 12.2 Å². The fourth-order valence-electron chi connectivity index (χ4n) is 2.78. The molecule has 2 atom stereocenters. The highest BCUT2D eigenvalue weighted by molar-refractivity contribution is 5.96. The third kappa shape index (κ3) is 3.03. The van der Waals surface area contributed by atoms with Crippen LogP contribution in [0.25, 0.3) is 0 Å². The highest BCUT2D eigenvalue weighted by Crippen LogP contribution is 2.29. The zero-order chi connectivity index (χ0) is 13.1. The van der Waals surface area contributed by atoms with E-state index in [4.69, 9.17) is 5.73 Å². The van der Waals surface area contributed by atoms with E-state index >= 15 is 0 Å². The molecule has 3 heteroatoms. The molecule has 0 heterocycles. The summed E-state index contributed by atoms with van der Waals surface area (Å²) in [6, 6.07) is 5.42. The van der Waals surface area contributed by atoms with E-state index in [1.165, 1.54) is 19.3 Å². The predicted octanol–water partition coefficient (Wildman–Crippen LogP) is 2.74. The summed E-state index contributed by atoms with van der Waals surface area (Å²) in [6.07, 6.45) is 3.77. The van der Waals surface area contributed by atoms with Gasteiger partial charge in [-0.3, -0.25) is 4.79 Å². The van der Waals surface area contributed by atoms with E-state index in [1.807, 2.05) is 13.0 Å². The van der Waals surface area contributed by atoms with Crippen LogP contribution in [-0.4, -0.2) is 12.5 Å². The summed E-state index contributed by atoms with van der Waals surface area (Å²) < 4.78 is 0. The van der Waals surface area contributed by atoms with Crippen LogP contribution in [0.1, 0.15) is 42.1 Å². The quantitative estimate of drug-likeness (QED) is 0.806. The Morgan fingerprint density at radius 3 is 2.83 bits per heavy atom. The van der Waals surface area contributed by atoms with Crippen LogP contribution in [0.4, 0.5) is 5.69 Å². The van der Waals surface area contributed by atoms with Crippen LogP contribution in [0.5, 0.6) is 0 Å². The Labute approximate surface area is 109 Å². The fraction of sp³-hybridized carbons (Fsp3) is 0.533. The molecule has 1 aliphatic carbocycles. The molecule has 1 aromatic carbocycles. The summed E-state index contributed by atoms with van der Waals surface area (Å²) in [5, 5.41) is 3.04. The summed E-state index contributed by atoms with van der Waals surface area (Å²) in [6.45, 7) is 5.00. The van der Waals surface area contributed by atoms with Crippen molar-refractivity contribution in [3.05, 3.63) is 29.3 Å². The Hall–Kier alpha value is -1.51. The predicted molar refractivity (Wildman–Crippen MR) is 74.4 cm³/mol. The second kappa shape index (κ2) is 5.42. The number of nitrogens with two attached hydrogens (primary N) is 1. The van der Waals surface area contributed by atoms with Gasteiger partial charge in [-0.1, -0.05) is 13.3 Å². The van der Waals surface area contributed by atoms with E-state index in [0.717, 1.165) is 23.6 Å². The van der Waals surface area contributed by atoms with Crippen LogP contribution in [0.2, 0.25) is 0 Å². The summed E-state index contributed by atoms with van der Waals surface area (Å²) in [7, 11) is 0. The van der Waals surface area contributed by atoms with Crippen molar-refractivity contribution in [3.63, 3.8) is 0 Å². The minimum Gasteiger partial charge on any atom is -0.399 e. The molecule has 0 aliphatic heterocycles. The molecule has 0 spiro atoms. The van der Waals surface area contributed by atoms with Gasteiger partial charge in [0.2, 0.25) is 0 Å².